The fraction of sp³-hybridized carbons (Fsp3) is 0.500. The molecule has 2 fully saturated rings. The highest BCUT2D eigenvalue weighted by Crippen LogP contribution is 2.32. The molecule has 2 bridgehead atoms. The number of tetrazole rings is 1. The number of amides is 1. The summed E-state index contributed by atoms with van der Waals surface area (Å²) in [5, 5.41) is 17.7. The molecule has 2 aliphatic heterocycles. The van der Waals surface area contributed by atoms with E-state index in [1.54, 1.807) is 4.68 Å². The van der Waals surface area contributed by atoms with Crippen molar-refractivity contribution in [2.45, 2.75) is 44.2 Å². The molecule has 2 N–H and O–H groups in total. The van der Waals surface area contributed by atoms with Gasteiger partial charge in [-0.15, -0.1) is 17.5 Å². The monoisotopic (exact) mass is 348 g/mol. The van der Waals surface area contributed by atoms with Crippen LogP contribution in [0.4, 0.5) is 5.69 Å². The standard InChI is InChI=1S/C16H20N6O.ClH/c23-16(8-11-6-13-4-5-14(7-11)18-13)19-12-2-1-3-15(9-12)22-10-17-20-21-22;/h1-3,9-11,13-14,18H,4-8H2,(H,19,23);1H. The van der Waals surface area contributed by atoms with Crippen LogP contribution in [0.25, 0.3) is 5.69 Å². The highest BCUT2D eigenvalue weighted by Gasteiger charge is 2.34. The Labute approximate surface area is 146 Å². The van der Waals surface area contributed by atoms with Crippen molar-refractivity contribution in [1.29, 1.82) is 0 Å². The van der Waals surface area contributed by atoms with E-state index in [9.17, 15) is 4.79 Å². The highest BCUT2D eigenvalue weighted by atomic mass is 35.5. The molecule has 3 heterocycles. The summed E-state index contributed by atoms with van der Waals surface area (Å²) in [6.45, 7) is 0. The Balaban J connectivity index is 0.00000169. The normalized spacial score (nSPS) is 25.1. The van der Waals surface area contributed by atoms with Crippen molar-refractivity contribution in [1.82, 2.24) is 25.5 Å². The van der Waals surface area contributed by atoms with Gasteiger partial charge in [-0.25, -0.2) is 4.68 Å². The Morgan fingerprint density at radius 2 is 2.08 bits per heavy atom. The lowest BCUT2D eigenvalue weighted by molar-refractivity contribution is -0.117. The predicted molar refractivity (Wildman–Crippen MR) is 92.3 cm³/mol. The predicted octanol–water partition coefficient (Wildman–Crippen LogP) is 1.94. The summed E-state index contributed by atoms with van der Waals surface area (Å²) in [5.74, 6) is 0.585. The first-order chi connectivity index (χ1) is 11.3. The molecular weight excluding hydrogens is 328 g/mol. The minimum atomic E-state index is 0. The van der Waals surface area contributed by atoms with Crippen LogP contribution < -0.4 is 10.6 Å². The van der Waals surface area contributed by atoms with Crippen molar-refractivity contribution in [3.8, 4) is 5.69 Å². The molecule has 0 aliphatic carbocycles. The second-order valence-corrected chi connectivity index (χ2v) is 6.53. The molecule has 1 amide bonds. The molecule has 24 heavy (non-hydrogen) atoms. The summed E-state index contributed by atoms with van der Waals surface area (Å²) in [4.78, 5) is 12.3. The molecule has 0 saturated carbocycles. The van der Waals surface area contributed by atoms with Crippen LogP contribution in [0.2, 0.25) is 0 Å². The Bertz CT molecular complexity index is 680. The molecule has 1 aromatic heterocycles. The first-order valence-corrected chi connectivity index (χ1v) is 8.15. The van der Waals surface area contributed by atoms with Crippen LogP contribution in [-0.2, 0) is 4.79 Å². The van der Waals surface area contributed by atoms with Crippen molar-refractivity contribution in [2.75, 3.05) is 5.32 Å². The number of fused-ring (bicyclic) bond motifs is 2. The molecule has 2 aliphatic rings. The first kappa shape index (κ1) is 16.9. The number of carbonyl (C=O) groups excluding carboxylic acids is 1. The SMILES string of the molecule is Cl.O=C(CC1CC2CCC(C1)N2)Nc1cccc(-n2cnnn2)c1. The second-order valence-electron chi connectivity index (χ2n) is 6.53. The molecule has 4 rings (SSSR count). The lowest BCUT2D eigenvalue weighted by atomic mass is 9.89. The molecule has 128 valence electrons. The second kappa shape index (κ2) is 7.27. The quantitative estimate of drug-likeness (QED) is 0.882. The van der Waals surface area contributed by atoms with E-state index in [2.05, 4.69) is 26.2 Å². The number of nitrogens with zero attached hydrogens (tertiary/aromatic N) is 4. The van der Waals surface area contributed by atoms with Gasteiger partial charge in [-0.2, -0.15) is 0 Å². The third kappa shape index (κ3) is 3.73. The number of aromatic nitrogens is 4. The fourth-order valence-corrected chi connectivity index (χ4v) is 3.82. The van der Waals surface area contributed by atoms with Crippen molar-refractivity contribution in [2.24, 2.45) is 5.92 Å². The summed E-state index contributed by atoms with van der Waals surface area (Å²) in [6, 6.07) is 8.79. The number of rotatable bonds is 4. The highest BCUT2D eigenvalue weighted by molar-refractivity contribution is 5.91. The minimum absolute atomic E-state index is 0. The van der Waals surface area contributed by atoms with E-state index in [4.69, 9.17) is 0 Å². The van der Waals surface area contributed by atoms with Gasteiger partial charge >= 0.3 is 0 Å². The van der Waals surface area contributed by atoms with Crippen LogP contribution in [0.15, 0.2) is 30.6 Å². The van der Waals surface area contributed by atoms with Gasteiger partial charge < -0.3 is 10.6 Å². The van der Waals surface area contributed by atoms with Crippen LogP contribution in [0.5, 0.6) is 0 Å². The average molecular weight is 349 g/mol. The maximum absolute atomic E-state index is 12.3. The minimum Gasteiger partial charge on any atom is -0.326 e. The molecule has 2 atom stereocenters. The van der Waals surface area contributed by atoms with Gasteiger partial charge in [0.25, 0.3) is 0 Å². The van der Waals surface area contributed by atoms with Crippen molar-refractivity contribution >= 4 is 24.0 Å². The maximum atomic E-state index is 12.3. The Morgan fingerprint density at radius 1 is 1.29 bits per heavy atom. The van der Waals surface area contributed by atoms with E-state index >= 15 is 0 Å². The topological polar surface area (TPSA) is 84.7 Å². The largest absolute Gasteiger partial charge is 0.326 e. The van der Waals surface area contributed by atoms with Crippen LogP contribution in [0.1, 0.15) is 32.1 Å². The third-order valence-corrected chi connectivity index (χ3v) is 4.79. The molecule has 0 radical (unpaired) electrons. The van der Waals surface area contributed by atoms with E-state index in [0.717, 1.165) is 24.2 Å². The van der Waals surface area contributed by atoms with E-state index in [1.165, 1.54) is 19.2 Å². The van der Waals surface area contributed by atoms with Gasteiger partial charge in [-0.05, 0) is 60.2 Å². The number of anilines is 1. The van der Waals surface area contributed by atoms with Gasteiger partial charge in [0.05, 0.1) is 5.69 Å². The van der Waals surface area contributed by atoms with Crippen molar-refractivity contribution < 1.29 is 4.79 Å². The van der Waals surface area contributed by atoms with Crippen LogP contribution in [-0.4, -0.2) is 38.2 Å². The summed E-state index contributed by atoms with van der Waals surface area (Å²) < 4.78 is 1.57. The lowest BCUT2D eigenvalue weighted by Crippen LogP contribution is -2.39. The number of halogens is 1. The lowest BCUT2D eigenvalue weighted by Gasteiger charge is -2.28. The summed E-state index contributed by atoms with van der Waals surface area (Å²) in [7, 11) is 0. The van der Waals surface area contributed by atoms with Crippen LogP contribution >= 0.6 is 12.4 Å². The number of piperidine rings is 1. The number of hydrogen-bond donors (Lipinski definition) is 2. The number of hydrogen-bond acceptors (Lipinski definition) is 5. The van der Waals surface area contributed by atoms with Crippen molar-refractivity contribution in [3.63, 3.8) is 0 Å². The Morgan fingerprint density at radius 3 is 2.79 bits per heavy atom. The first-order valence-electron chi connectivity index (χ1n) is 8.15. The van der Waals surface area contributed by atoms with Gasteiger partial charge in [0, 0.05) is 24.2 Å². The third-order valence-electron chi connectivity index (χ3n) is 4.79. The zero-order valence-electron chi connectivity index (χ0n) is 13.3. The zero-order valence-corrected chi connectivity index (χ0v) is 14.1. The molecular formula is C16H21ClN6O. The Kier molecular flexibility index (Phi) is 5.11. The fourth-order valence-electron chi connectivity index (χ4n) is 3.82. The van der Waals surface area contributed by atoms with Crippen LogP contribution in [0.3, 0.4) is 0 Å². The molecule has 8 heteroatoms. The molecule has 0 spiro atoms. The van der Waals surface area contributed by atoms with E-state index < -0.39 is 0 Å². The zero-order chi connectivity index (χ0) is 15.6. The van der Waals surface area contributed by atoms with Gasteiger partial charge in [0.1, 0.15) is 6.33 Å². The molecule has 2 aromatic rings. The summed E-state index contributed by atoms with van der Waals surface area (Å²) in [5.41, 5.74) is 1.60. The summed E-state index contributed by atoms with van der Waals surface area (Å²) in [6.07, 6.45) is 6.90. The van der Waals surface area contributed by atoms with Gasteiger partial charge in [0.2, 0.25) is 5.91 Å². The number of nitrogens with one attached hydrogen (secondary N) is 2. The van der Waals surface area contributed by atoms with E-state index in [0.29, 0.717) is 24.4 Å². The van der Waals surface area contributed by atoms with Gasteiger partial charge in [-0.3, -0.25) is 4.79 Å². The molecule has 7 nitrogen and oxygen atoms in total. The Hall–Kier alpha value is -1.99. The smallest absolute Gasteiger partial charge is 0.224 e. The molecule has 2 unspecified atom stereocenters. The number of carbonyl (C=O) groups is 1. The number of benzene rings is 1. The molecule has 1 aromatic carbocycles. The van der Waals surface area contributed by atoms with Gasteiger partial charge in [0.15, 0.2) is 0 Å². The van der Waals surface area contributed by atoms with E-state index in [-0.39, 0.29) is 18.3 Å². The average Bonchev–Trinajstić information content (AvgIpc) is 3.17. The summed E-state index contributed by atoms with van der Waals surface area (Å²) >= 11 is 0. The maximum Gasteiger partial charge on any atom is 0.224 e. The van der Waals surface area contributed by atoms with E-state index in [1.807, 2.05) is 24.3 Å². The van der Waals surface area contributed by atoms with Gasteiger partial charge in [-0.1, -0.05) is 6.07 Å². The molecule has 2 saturated heterocycles. The van der Waals surface area contributed by atoms with Crippen molar-refractivity contribution in [3.05, 3.63) is 30.6 Å². The van der Waals surface area contributed by atoms with Crippen LogP contribution in [0, 0.1) is 5.92 Å².